The lowest BCUT2D eigenvalue weighted by atomic mass is 9.88. The first kappa shape index (κ1) is 14.0. The third-order valence-electron chi connectivity index (χ3n) is 3.35. The Morgan fingerprint density at radius 1 is 1.50 bits per heavy atom. The Morgan fingerprint density at radius 3 is 2.69 bits per heavy atom. The van der Waals surface area contributed by atoms with Crippen molar-refractivity contribution in [2.45, 2.75) is 43.9 Å². The lowest BCUT2D eigenvalue weighted by Crippen LogP contribution is -2.38. The topological polar surface area (TPSA) is 38.3 Å². The highest BCUT2D eigenvalue weighted by Gasteiger charge is 2.35. The van der Waals surface area contributed by atoms with Gasteiger partial charge < -0.3 is 10.1 Å². The van der Waals surface area contributed by atoms with Gasteiger partial charge in [0, 0.05) is 23.9 Å². The lowest BCUT2D eigenvalue weighted by Gasteiger charge is -2.22. The number of nitrogens with one attached hydrogen (secondary N) is 1. The monoisotopic (exact) mass is 291 g/mol. The second-order valence-electron chi connectivity index (χ2n) is 4.86. The summed E-state index contributed by atoms with van der Waals surface area (Å²) in [5.74, 6) is 0.224. The fraction of sp³-hybridized carbons (Fsp3) is 0.917. The highest BCUT2D eigenvalue weighted by molar-refractivity contribution is 9.09. The van der Waals surface area contributed by atoms with Gasteiger partial charge in [-0.3, -0.25) is 4.79 Å². The Balaban J connectivity index is 2.19. The molecule has 0 aromatic rings. The third-order valence-corrected chi connectivity index (χ3v) is 4.07. The molecule has 0 aliphatic heterocycles. The van der Waals surface area contributed by atoms with E-state index in [2.05, 4.69) is 28.2 Å². The molecule has 1 unspecified atom stereocenters. The van der Waals surface area contributed by atoms with Crippen LogP contribution >= 0.6 is 15.9 Å². The quantitative estimate of drug-likeness (QED) is 0.764. The van der Waals surface area contributed by atoms with Gasteiger partial charge in [0.15, 0.2) is 0 Å². The minimum absolute atomic E-state index is 0.108. The van der Waals surface area contributed by atoms with Crippen molar-refractivity contribution < 1.29 is 9.53 Å². The molecule has 1 aliphatic rings. The van der Waals surface area contributed by atoms with Gasteiger partial charge in [-0.1, -0.05) is 35.7 Å². The molecule has 0 heterocycles. The fourth-order valence-corrected chi connectivity index (χ4v) is 2.70. The average molecular weight is 292 g/mol. The SMILES string of the molecule is COCC(Br)CCNC(=O)C1(C)CCCC1. The second-order valence-corrected chi connectivity index (χ2v) is 6.16. The standard InChI is InChI=1S/C12H22BrNO2/c1-12(6-3-4-7-12)11(15)14-8-5-10(13)9-16-2/h10H,3-9H2,1-2H3,(H,14,15). The Bertz CT molecular complexity index is 227. The highest BCUT2D eigenvalue weighted by atomic mass is 79.9. The number of hydrogen-bond acceptors (Lipinski definition) is 2. The predicted octanol–water partition coefficient (Wildman–Crippen LogP) is 2.48. The van der Waals surface area contributed by atoms with Crippen LogP contribution in [-0.4, -0.2) is 31.0 Å². The van der Waals surface area contributed by atoms with E-state index in [1.165, 1.54) is 12.8 Å². The molecule has 1 atom stereocenters. The summed E-state index contributed by atoms with van der Waals surface area (Å²) in [7, 11) is 1.69. The molecule has 1 fully saturated rings. The van der Waals surface area contributed by atoms with Crippen molar-refractivity contribution in [2.75, 3.05) is 20.3 Å². The maximum Gasteiger partial charge on any atom is 0.225 e. The minimum atomic E-state index is -0.108. The van der Waals surface area contributed by atoms with E-state index in [9.17, 15) is 4.79 Å². The molecule has 0 saturated heterocycles. The molecule has 0 aromatic heterocycles. The van der Waals surface area contributed by atoms with Crippen LogP contribution in [0.5, 0.6) is 0 Å². The smallest absolute Gasteiger partial charge is 0.225 e. The molecule has 0 bridgehead atoms. The molecule has 94 valence electrons. The first-order valence-electron chi connectivity index (χ1n) is 6.00. The van der Waals surface area contributed by atoms with Crippen LogP contribution in [0.15, 0.2) is 0 Å². The van der Waals surface area contributed by atoms with Gasteiger partial charge in [-0.25, -0.2) is 0 Å². The van der Waals surface area contributed by atoms with Gasteiger partial charge in [0.25, 0.3) is 0 Å². The number of methoxy groups -OCH3 is 1. The Morgan fingerprint density at radius 2 is 2.12 bits per heavy atom. The van der Waals surface area contributed by atoms with Gasteiger partial charge in [-0.15, -0.1) is 0 Å². The number of halogens is 1. The Labute approximate surface area is 106 Å². The lowest BCUT2D eigenvalue weighted by molar-refractivity contribution is -0.129. The molecular formula is C12H22BrNO2. The highest BCUT2D eigenvalue weighted by Crippen LogP contribution is 2.37. The first-order valence-corrected chi connectivity index (χ1v) is 6.91. The number of carbonyl (C=O) groups excluding carboxylic acids is 1. The summed E-state index contributed by atoms with van der Waals surface area (Å²) in [5.41, 5.74) is -0.108. The molecule has 1 rings (SSSR count). The molecule has 4 heteroatoms. The summed E-state index contributed by atoms with van der Waals surface area (Å²) >= 11 is 3.51. The van der Waals surface area contributed by atoms with Crippen molar-refractivity contribution in [1.82, 2.24) is 5.32 Å². The van der Waals surface area contributed by atoms with E-state index in [0.717, 1.165) is 25.8 Å². The van der Waals surface area contributed by atoms with E-state index in [1.807, 2.05) is 0 Å². The summed E-state index contributed by atoms with van der Waals surface area (Å²) < 4.78 is 5.02. The maximum absolute atomic E-state index is 11.9. The summed E-state index contributed by atoms with van der Waals surface area (Å²) in [4.78, 5) is 12.3. The zero-order valence-electron chi connectivity index (χ0n) is 10.2. The molecule has 0 radical (unpaired) electrons. The molecule has 3 nitrogen and oxygen atoms in total. The molecular weight excluding hydrogens is 270 g/mol. The van der Waals surface area contributed by atoms with E-state index in [1.54, 1.807) is 7.11 Å². The molecule has 0 spiro atoms. The molecule has 1 saturated carbocycles. The van der Waals surface area contributed by atoms with Crippen LogP contribution in [0.25, 0.3) is 0 Å². The van der Waals surface area contributed by atoms with Gasteiger partial charge in [0.05, 0.1) is 6.61 Å². The number of rotatable bonds is 6. The van der Waals surface area contributed by atoms with Crippen molar-refractivity contribution >= 4 is 21.8 Å². The van der Waals surface area contributed by atoms with Gasteiger partial charge in [-0.05, 0) is 19.3 Å². The van der Waals surface area contributed by atoms with Crippen LogP contribution in [0.3, 0.4) is 0 Å². The van der Waals surface area contributed by atoms with Gasteiger partial charge in [0.1, 0.15) is 0 Å². The Hall–Kier alpha value is -0.0900. The Kier molecular flexibility index (Phi) is 5.76. The maximum atomic E-state index is 11.9. The number of ether oxygens (including phenoxy) is 1. The average Bonchev–Trinajstić information content (AvgIpc) is 2.67. The van der Waals surface area contributed by atoms with Crippen LogP contribution in [0.2, 0.25) is 0 Å². The first-order chi connectivity index (χ1) is 7.58. The number of hydrogen-bond donors (Lipinski definition) is 1. The van der Waals surface area contributed by atoms with Crippen LogP contribution < -0.4 is 5.32 Å². The van der Waals surface area contributed by atoms with Gasteiger partial charge >= 0.3 is 0 Å². The number of alkyl halides is 1. The molecule has 0 aromatic carbocycles. The normalized spacial score (nSPS) is 20.7. The zero-order valence-corrected chi connectivity index (χ0v) is 11.8. The summed E-state index contributed by atoms with van der Waals surface area (Å²) in [6.07, 6.45) is 5.36. The van der Waals surface area contributed by atoms with Crippen LogP contribution in [-0.2, 0) is 9.53 Å². The van der Waals surface area contributed by atoms with Crippen molar-refractivity contribution in [2.24, 2.45) is 5.41 Å². The summed E-state index contributed by atoms with van der Waals surface area (Å²) in [5, 5.41) is 3.03. The van der Waals surface area contributed by atoms with Crippen molar-refractivity contribution in [3.8, 4) is 0 Å². The van der Waals surface area contributed by atoms with E-state index in [0.29, 0.717) is 11.4 Å². The number of amides is 1. The fourth-order valence-electron chi connectivity index (χ4n) is 2.20. The molecule has 1 aliphatic carbocycles. The van der Waals surface area contributed by atoms with Crippen molar-refractivity contribution in [1.29, 1.82) is 0 Å². The van der Waals surface area contributed by atoms with Crippen molar-refractivity contribution in [3.63, 3.8) is 0 Å². The molecule has 16 heavy (non-hydrogen) atoms. The van der Waals surface area contributed by atoms with E-state index in [4.69, 9.17) is 4.74 Å². The van der Waals surface area contributed by atoms with E-state index < -0.39 is 0 Å². The zero-order chi connectivity index (χ0) is 12.0. The predicted molar refractivity (Wildman–Crippen MR) is 68.8 cm³/mol. The van der Waals surface area contributed by atoms with Gasteiger partial charge in [0.2, 0.25) is 5.91 Å². The van der Waals surface area contributed by atoms with E-state index >= 15 is 0 Å². The summed E-state index contributed by atoms with van der Waals surface area (Å²) in [6.45, 7) is 3.50. The minimum Gasteiger partial charge on any atom is -0.384 e. The van der Waals surface area contributed by atoms with Crippen LogP contribution in [0, 0.1) is 5.41 Å². The van der Waals surface area contributed by atoms with Crippen molar-refractivity contribution in [3.05, 3.63) is 0 Å². The van der Waals surface area contributed by atoms with Gasteiger partial charge in [-0.2, -0.15) is 0 Å². The third kappa shape index (κ3) is 4.06. The molecule has 1 amide bonds. The second kappa shape index (κ2) is 6.60. The van der Waals surface area contributed by atoms with Crippen LogP contribution in [0.1, 0.15) is 39.0 Å². The van der Waals surface area contributed by atoms with Crippen LogP contribution in [0.4, 0.5) is 0 Å². The van der Waals surface area contributed by atoms with E-state index in [-0.39, 0.29) is 11.3 Å². The number of carbonyl (C=O) groups is 1. The largest absolute Gasteiger partial charge is 0.384 e. The molecule has 1 N–H and O–H groups in total. The summed E-state index contributed by atoms with van der Waals surface area (Å²) in [6, 6.07) is 0.